The topological polar surface area (TPSA) is 91.8 Å². The lowest BCUT2D eigenvalue weighted by Crippen LogP contribution is -2.15. The summed E-state index contributed by atoms with van der Waals surface area (Å²) < 4.78 is 2.32. The molecule has 152 valence electrons. The molecule has 0 radical (unpaired) electrons. The van der Waals surface area contributed by atoms with Crippen LogP contribution in [0.3, 0.4) is 0 Å². The Morgan fingerprint density at radius 1 is 1.14 bits per heavy atom. The molecule has 0 saturated carbocycles. The number of nitrogens with one attached hydrogen (secondary N) is 3. The van der Waals surface area contributed by atoms with Crippen molar-refractivity contribution >= 4 is 46.7 Å². The van der Waals surface area contributed by atoms with Gasteiger partial charge in [-0.05, 0) is 53.8 Å². The van der Waals surface area contributed by atoms with Crippen LogP contribution in [-0.4, -0.2) is 26.6 Å². The SMILES string of the molecule is CC(C)CC(=O)Nc1ccc(NC(=O)CCn2c(-c3cccs3)n[nH]c2=S)cc1. The van der Waals surface area contributed by atoms with Crippen LogP contribution in [0.25, 0.3) is 10.7 Å². The third-order valence-corrected chi connectivity index (χ3v) is 5.29. The molecule has 0 aliphatic rings. The Labute approximate surface area is 178 Å². The summed E-state index contributed by atoms with van der Waals surface area (Å²) in [5, 5.41) is 14.7. The fourth-order valence-corrected chi connectivity index (χ4v) is 3.72. The fourth-order valence-electron chi connectivity index (χ4n) is 2.78. The summed E-state index contributed by atoms with van der Waals surface area (Å²) in [5.41, 5.74) is 1.38. The number of aromatic amines is 1. The number of thiophene rings is 1. The summed E-state index contributed by atoms with van der Waals surface area (Å²) in [4.78, 5) is 25.2. The normalized spacial score (nSPS) is 10.9. The number of amides is 2. The largest absolute Gasteiger partial charge is 0.326 e. The molecule has 3 aromatic rings. The van der Waals surface area contributed by atoms with E-state index in [1.54, 1.807) is 35.6 Å². The summed E-state index contributed by atoms with van der Waals surface area (Å²) in [7, 11) is 0. The van der Waals surface area contributed by atoms with Gasteiger partial charge in [-0.2, -0.15) is 5.10 Å². The first kappa shape index (κ1) is 20.9. The maximum atomic E-state index is 12.3. The summed E-state index contributed by atoms with van der Waals surface area (Å²) in [5.74, 6) is 0.897. The number of anilines is 2. The summed E-state index contributed by atoms with van der Waals surface area (Å²) >= 11 is 6.86. The molecule has 0 atom stereocenters. The number of H-pyrrole nitrogens is 1. The molecular weight excluding hydrogens is 406 g/mol. The highest BCUT2D eigenvalue weighted by Crippen LogP contribution is 2.23. The average molecular weight is 430 g/mol. The van der Waals surface area contributed by atoms with E-state index in [1.165, 1.54) is 0 Å². The van der Waals surface area contributed by atoms with Crippen LogP contribution in [0, 0.1) is 10.7 Å². The number of carbonyl (C=O) groups is 2. The highest BCUT2D eigenvalue weighted by atomic mass is 32.1. The molecule has 9 heteroatoms. The van der Waals surface area contributed by atoms with Gasteiger partial charge >= 0.3 is 0 Å². The molecule has 2 amide bonds. The van der Waals surface area contributed by atoms with E-state index >= 15 is 0 Å². The molecule has 2 heterocycles. The van der Waals surface area contributed by atoms with Crippen molar-refractivity contribution in [2.75, 3.05) is 10.6 Å². The molecule has 7 nitrogen and oxygen atoms in total. The second-order valence-corrected chi connectivity index (χ2v) is 8.34. The first-order valence-electron chi connectivity index (χ1n) is 9.31. The molecule has 3 N–H and O–H groups in total. The number of rotatable bonds is 8. The number of nitrogens with zero attached hydrogens (tertiary/aromatic N) is 2. The number of carbonyl (C=O) groups excluding carboxylic acids is 2. The molecule has 0 saturated heterocycles. The second-order valence-electron chi connectivity index (χ2n) is 7.00. The smallest absolute Gasteiger partial charge is 0.226 e. The van der Waals surface area contributed by atoms with E-state index < -0.39 is 0 Å². The van der Waals surface area contributed by atoms with E-state index in [0.717, 1.165) is 10.7 Å². The highest BCUT2D eigenvalue weighted by molar-refractivity contribution is 7.71. The Morgan fingerprint density at radius 2 is 1.79 bits per heavy atom. The van der Waals surface area contributed by atoms with E-state index in [1.807, 2.05) is 35.9 Å². The van der Waals surface area contributed by atoms with Crippen LogP contribution in [0.1, 0.15) is 26.7 Å². The Hall–Kier alpha value is -2.78. The minimum absolute atomic E-state index is 0.0183. The molecule has 0 fully saturated rings. The van der Waals surface area contributed by atoms with Crippen LogP contribution in [0.15, 0.2) is 41.8 Å². The molecule has 0 bridgehead atoms. The highest BCUT2D eigenvalue weighted by Gasteiger charge is 2.12. The van der Waals surface area contributed by atoms with Crippen molar-refractivity contribution in [3.8, 4) is 10.7 Å². The molecule has 3 rings (SSSR count). The number of hydrogen-bond acceptors (Lipinski definition) is 5. The van der Waals surface area contributed by atoms with Gasteiger partial charge in [-0.1, -0.05) is 19.9 Å². The van der Waals surface area contributed by atoms with Gasteiger partial charge in [-0.25, -0.2) is 0 Å². The lowest BCUT2D eigenvalue weighted by Gasteiger charge is -2.09. The van der Waals surface area contributed by atoms with Gasteiger partial charge in [-0.15, -0.1) is 11.3 Å². The van der Waals surface area contributed by atoms with Gasteiger partial charge in [0.15, 0.2) is 10.6 Å². The molecule has 0 aliphatic carbocycles. The Morgan fingerprint density at radius 3 is 2.38 bits per heavy atom. The van der Waals surface area contributed by atoms with Crippen LogP contribution in [0.2, 0.25) is 0 Å². The maximum absolute atomic E-state index is 12.3. The summed E-state index contributed by atoms with van der Waals surface area (Å²) in [6.45, 7) is 4.43. The molecule has 29 heavy (non-hydrogen) atoms. The second kappa shape index (κ2) is 9.62. The van der Waals surface area contributed by atoms with Crippen LogP contribution in [0.5, 0.6) is 0 Å². The third kappa shape index (κ3) is 5.85. The van der Waals surface area contributed by atoms with E-state index in [9.17, 15) is 9.59 Å². The maximum Gasteiger partial charge on any atom is 0.226 e. The van der Waals surface area contributed by atoms with Crippen LogP contribution < -0.4 is 10.6 Å². The van der Waals surface area contributed by atoms with Crippen LogP contribution in [-0.2, 0) is 16.1 Å². The molecule has 0 spiro atoms. The lowest BCUT2D eigenvalue weighted by molar-refractivity contribution is -0.117. The zero-order chi connectivity index (χ0) is 20.8. The van der Waals surface area contributed by atoms with Gasteiger partial charge in [-0.3, -0.25) is 19.3 Å². The van der Waals surface area contributed by atoms with Crippen molar-refractivity contribution in [3.05, 3.63) is 46.5 Å². The number of hydrogen-bond donors (Lipinski definition) is 3. The predicted molar refractivity (Wildman–Crippen MR) is 118 cm³/mol. The zero-order valence-electron chi connectivity index (χ0n) is 16.3. The summed E-state index contributed by atoms with van der Waals surface area (Å²) in [6.07, 6.45) is 0.738. The zero-order valence-corrected chi connectivity index (χ0v) is 17.9. The van der Waals surface area contributed by atoms with E-state index in [0.29, 0.717) is 35.0 Å². The van der Waals surface area contributed by atoms with Crippen molar-refractivity contribution in [1.29, 1.82) is 0 Å². The Bertz CT molecular complexity index is 1020. The van der Waals surface area contributed by atoms with E-state index in [4.69, 9.17) is 12.2 Å². The van der Waals surface area contributed by atoms with E-state index in [-0.39, 0.29) is 18.2 Å². The average Bonchev–Trinajstić information content (AvgIpc) is 3.30. The van der Waals surface area contributed by atoms with Crippen molar-refractivity contribution in [2.24, 2.45) is 5.92 Å². The molecule has 2 aromatic heterocycles. The molecule has 0 aliphatic heterocycles. The molecular formula is C20H23N5O2S2. The van der Waals surface area contributed by atoms with Crippen LogP contribution in [0.4, 0.5) is 11.4 Å². The van der Waals surface area contributed by atoms with E-state index in [2.05, 4.69) is 20.8 Å². The quantitative estimate of drug-likeness (QED) is 0.453. The van der Waals surface area contributed by atoms with Crippen LogP contribution >= 0.6 is 23.6 Å². The van der Waals surface area contributed by atoms with Crippen molar-refractivity contribution in [2.45, 2.75) is 33.2 Å². The Kier molecular flexibility index (Phi) is 6.95. The number of aromatic nitrogens is 3. The predicted octanol–water partition coefficient (Wildman–Crippen LogP) is 4.68. The van der Waals surface area contributed by atoms with Gasteiger partial charge in [0.05, 0.1) is 4.88 Å². The first-order valence-corrected chi connectivity index (χ1v) is 10.6. The van der Waals surface area contributed by atoms with Gasteiger partial charge < -0.3 is 10.6 Å². The number of benzene rings is 1. The minimum atomic E-state index is -0.123. The Balaban J connectivity index is 1.55. The van der Waals surface area contributed by atoms with Crippen molar-refractivity contribution < 1.29 is 9.59 Å². The minimum Gasteiger partial charge on any atom is -0.326 e. The first-order chi connectivity index (χ1) is 13.9. The van der Waals surface area contributed by atoms with Crippen molar-refractivity contribution in [3.63, 3.8) is 0 Å². The lowest BCUT2D eigenvalue weighted by atomic mass is 10.1. The summed E-state index contributed by atoms with van der Waals surface area (Å²) in [6, 6.07) is 11.0. The fraction of sp³-hybridized carbons (Fsp3) is 0.300. The van der Waals surface area contributed by atoms with Gasteiger partial charge in [0, 0.05) is 30.8 Å². The third-order valence-electron chi connectivity index (χ3n) is 4.11. The monoisotopic (exact) mass is 429 g/mol. The standard InChI is InChI=1S/C20H23N5O2S2/c1-13(2)12-18(27)22-15-7-5-14(6-8-15)21-17(26)9-10-25-19(23-24-20(25)28)16-4-3-11-29-16/h3-8,11,13H,9-10,12H2,1-2H3,(H,21,26)(H,22,27)(H,24,28). The van der Waals surface area contributed by atoms with Gasteiger partial charge in [0.25, 0.3) is 0 Å². The van der Waals surface area contributed by atoms with Crippen molar-refractivity contribution in [1.82, 2.24) is 14.8 Å². The van der Waals surface area contributed by atoms with Gasteiger partial charge in [0.2, 0.25) is 11.8 Å². The van der Waals surface area contributed by atoms with Gasteiger partial charge in [0.1, 0.15) is 0 Å². The molecule has 0 unspecified atom stereocenters. The molecule has 1 aromatic carbocycles.